The maximum absolute atomic E-state index is 12.4. The molecular formula is C23H33N3O2. The molecule has 0 saturated carbocycles. The van der Waals surface area contributed by atoms with Gasteiger partial charge in [-0.3, -0.25) is 4.79 Å². The van der Waals surface area contributed by atoms with Crippen LogP contribution in [0.25, 0.3) is 0 Å². The summed E-state index contributed by atoms with van der Waals surface area (Å²) in [5.74, 6) is 2.39. The van der Waals surface area contributed by atoms with Crippen molar-refractivity contribution in [2.45, 2.75) is 71.8 Å². The first kappa shape index (κ1) is 20.4. The van der Waals surface area contributed by atoms with Gasteiger partial charge in [-0.25, -0.2) is 4.98 Å². The highest BCUT2D eigenvalue weighted by Crippen LogP contribution is 2.33. The van der Waals surface area contributed by atoms with Gasteiger partial charge < -0.3 is 14.6 Å². The number of aryl methyl sites for hydroxylation is 3. The fraction of sp³-hybridized carbons (Fsp3) is 0.565. The molecule has 0 spiro atoms. The van der Waals surface area contributed by atoms with E-state index in [2.05, 4.69) is 47.8 Å². The summed E-state index contributed by atoms with van der Waals surface area (Å²) in [6.07, 6.45) is 8.51. The molecule has 2 aromatic rings. The Balaban J connectivity index is 1.65. The van der Waals surface area contributed by atoms with E-state index in [-0.39, 0.29) is 5.91 Å². The predicted molar refractivity (Wildman–Crippen MR) is 112 cm³/mol. The number of methoxy groups -OCH3 is 1. The van der Waals surface area contributed by atoms with Gasteiger partial charge in [-0.1, -0.05) is 38.3 Å². The molecule has 1 aliphatic rings. The monoisotopic (exact) mass is 383 g/mol. The Morgan fingerprint density at radius 2 is 2.00 bits per heavy atom. The Hall–Kier alpha value is -2.30. The Labute approximate surface area is 168 Å². The van der Waals surface area contributed by atoms with Crippen molar-refractivity contribution in [2.75, 3.05) is 13.7 Å². The van der Waals surface area contributed by atoms with Crippen LogP contribution in [0.5, 0.6) is 5.75 Å². The number of ether oxygens (including phenoxy) is 1. The van der Waals surface area contributed by atoms with E-state index in [1.165, 1.54) is 36.0 Å². The van der Waals surface area contributed by atoms with E-state index >= 15 is 0 Å². The molecule has 0 fully saturated rings. The average molecular weight is 384 g/mol. The number of hydrogen-bond acceptors (Lipinski definition) is 3. The Morgan fingerprint density at radius 3 is 2.68 bits per heavy atom. The molecule has 1 aliphatic heterocycles. The van der Waals surface area contributed by atoms with E-state index < -0.39 is 0 Å². The zero-order valence-corrected chi connectivity index (χ0v) is 17.7. The molecule has 1 N–H and O–H groups in total. The normalized spacial score (nSPS) is 15.9. The zero-order chi connectivity index (χ0) is 20.1. The second-order valence-corrected chi connectivity index (χ2v) is 7.93. The van der Waals surface area contributed by atoms with Crippen LogP contribution < -0.4 is 10.1 Å². The summed E-state index contributed by atoms with van der Waals surface area (Å²) in [5, 5.41) is 3.01. The van der Waals surface area contributed by atoms with Crippen molar-refractivity contribution < 1.29 is 9.53 Å². The van der Waals surface area contributed by atoms with Gasteiger partial charge in [0.1, 0.15) is 17.3 Å². The number of imidazole rings is 1. The fourth-order valence-corrected chi connectivity index (χ4v) is 4.21. The predicted octanol–water partition coefficient (Wildman–Crippen LogP) is 4.55. The van der Waals surface area contributed by atoms with Crippen molar-refractivity contribution in [2.24, 2.45) is 0 Å². The minimum atomic E-state index is -0.0499. The first-order valence-corrected chi connectivity index (χ1v) is 10.5. The second kappa shape index (κ2) is 9.26. The van der Waals surface area contributed by atoms with Crippen molar-refractivity contribution in [1.82, 2.24) is 14.9 Å². The second-order valence-electron chi connectivity index (χ2n) is 7.93. The highest BCUT2D eigenvalue weighted by atomic mass is 16.5. The van der Waals surface area contributed by atoms with Crippen LogP contribution in [0.15, 0.2) is 18.3 Å². The number of rotatable bonds is 8. The minimum absolute atomic E-state index is 0.0499. The van der Waals surface area contributed by atoms with Crippen LogP contribution in [-0.2, 0) is 13.0 Å². The fourth-order valence-electron chi connectivity index (χ4n) is 4.21. The number of aromatic nitrogens is 2. The Bertz CT molecular complexity index is 802. The van der Waals surface area contributed by atoms with E-state index in [1.54, 1.807) is 7.11 Å². The van der Waals surface area contributed by atoms with Gasteiger partial charge in [-0.2, -0.15) is 0 Å². The summed E-state index contributed by atoms with van der Waals surface area (Å²) in [6.45, 7) is 7.99. The largest absolute Gasteiger partial charge is 0.496 e. The van der Waals surface area contributed by atoms with Crippen molar-refractivity contribution in [3.63, 3.8) is 0 Å². The molecule has 5 heteroatoms. The van der Waals surface area contributed by atoms with Crippen LogP contribution in [0.3, 0.4) is 0 Å². The third-order valence-corrected chi connectivity index (χ3v) is 5.70. The van der Waals surface area contributed by atoms with Crippen molar-refractivity contribution >= 4 is 5.91 Å². The van der Waals surface area contributed by atoms with Gasteiger partial charge in [0.2, 0.25) is 0 Å². The number of amides is 1. The van der Waals surface area contributed by atoms with Gasteiger partial charge in [0, 0.05) is 31.6 Å². The number of unbranched alkanes of at least 4 members (excludes halogenated alkanes) is 3. The van der Waals surface area contributed by atoms with Gasteiger partial charge in [0.25, 0.3) is 5.91 Å². The maximum atomic E-state index is 12.4. The molecule has 28 heavy (non-hydrogen) atoms. The lowest BCUT2D eigenvalue weighted by atomic mass is 9.89. The third-order valence-electron chi connectivity index (χ3n) is 5.70. The first-order chi connectivity index (χ1) is 13.5. The lowest BCUT2D eigenvalue weighted by Gasteiger charge is -2.25. The lowest BCUT2D eigenvalue weighted by Crippen LogP contribution is -2.24. The molecular weight excluding hydrogens is 350 g/mol. The molecule has 0 radical (unpaired) electrons. The molecule has 0 bridgehead atoms. The van der Waals surface area contributed by atoms with Crippen molar-refractivity contribution in [1.29, 1.82) is 0 Å². The minimum Gasteiger partial charge on any atom is -0.496 e. The van der Waals surface area contributed by atoms with Crippen molar-refractivity contribution in [3.8, 4) is 5.75 Å². The van der Waals surface area contributed by atoms with Gasteiger partial charge >= 0.3 is 0 Å². The number of fused-ring (bicyclic) bond motifs is 1. The molecule has 1 unspecified atom stereocenters. The zero-order valence-electron chi connectivity index (χ0n) is 17.7. The average Bonchev–Trinajstić information content (AvgIpc) is 3.11. The Kier molecular flexibility index (Phi) is 6.76. The van der Waals surface area contributed by atoms with E-state index in [1.807, 2.05) is 6.20 Å². The summed E-state index contributed by atoms with van der Waals surface area (Å²) in [4.78, 5) is 17.0. The molecule has 1 aromatic heterocycles. The SMILES string of the molecule is CCCCCCNC(=O)c1cn2c(n1)CCC(c1cc(C)c(OC)c(C)c1)C2. The molecule has 152 valence electrons. The summed E-state index contributed by atoms with van der Waals surface area (Å²) in [6, 6.07) is 4.48. The topological polar surface area (TPSA) is 56.2 Å². The number of nitrogens with one attached hydrogen (secondary N) is 1. The van der Waals surface area contributed by atoms with Gasteiger partial charge in [-0.05, 0) is 43.4 Å². The van der Waals surface area contributed by atoms with Crippen molar-refractivity contribution in [3.05, 3.63) is 46.5 Å². The van der Waals surface area contributed by atoms with Crippen LogP contribution in [0.4, 0.5) is 0 Å². The standard InChI is InChI=1S/C23H33N3O2/c1-5-6-7-8-11-24-23(27)20-15-26-14-18(9-10-21(26)25-20)19-12-16(2)22(28-4)17(3)13-19/h12-13,15,18H,5-11,14H2,1-4H3,(H,24,27). The Morgan fingerprint density at radius 1 is 1.25 bits per heavy atom. The van der Waals surface area contributed by atoms with E-state index in [0.29, 0.717) is 11.6 Å². The van der Waals surface area contributed by atoms with Gasteiger partial charge in [0.05, 0.1) is 7.11 Å². The van der Waals surface area contributed by atoms with Crippen LogP contribution in [0.1, 0.15) is 77.9 Å². The van der Waals surface area contributed by atoms with Gasteiger partial charge in [0.15, 0.2) is 0 Å². The maximum Gasteiger partial charge on any atom is 0.271 e. The number of carbonyl (C=O) groups excluding carboxylic acids is 1. The van der Waals surface area contributed by atoms with Crippen LogP contribution in [0, 0.1) is 13.8 Å². The number of nitrogens with zero attached hydrogens (tertiary/aromatic N) is 2. The van der Waals surface area contributed by atoms with Gasteiger partial charge in [-0.15, -0.1) is 0 Å². The summed E-state index contributed by atoms with van der Waals surface area (Å²) in [5.41, 5.74) is 4.25. The molecule has 2 heterocycles. The molecule has 1 amide bonds. The molecule has 5 nitrogen and oxygen atoms in total. The molecule has 1 aromatic carbocycles. The third kappa shape index (κ3) is 4.57. The van der Waals surface area contributed by atoms with Crippen LogP contribution in [-0.4, -0.2) is 29.1 Å². The molecule has 0 aliphatic carbocycles. The van der Waals surface area contributed by atoms with E-state index in [9.17, 15) is 4.79 Å². The quantitative estimate of drug-likeness (QED) is 0.681. The summed E-state index contributed by atoms with van der Waals surface area (Å²) >= 11 is 0. The molecule has 0 saturated heterocycles. The first-order valence-electron chi connectivity index (χ1n) is 10.5. The van der Waals surface area contributed by atoms with Crippen LogP contribution in [0.2, 0.25) is 0 Å². The number of hydrogen-bond donors (Lipinski definition) is 1. The highest BCUT2D eigenvalue weighted by molar-refractivity contribution is 5.92. The number of carbonyl (C=O) groups is 1. The van der Waals surface area contributed by atoms with Crippen LogP contribution >= 0.6 is 0 Å². The van der Waals surface area contributed by atoms with E-state index in [0.717, 1.165) is 43.9 Å². The molecule has 1 atom stereocenters. The summed E-state index contributed by atoms with van der Waals surface area (Å²) < 4.78 is 7.66. The highest BCUT2D eigenvalue weighted by Gasteiger charge is 2.24. The number of benzene rings is 1. The smallest absolute Gasteiger partial charge is 0.271 e. The van der Waals surface area contributed by atoms with E-state index in [4.69, 9.17) is 4.74 Å². The lowest BCUT2D eigenvalue weighted by molar-refractivity contribution is 0.0948. The summed E-state index contributed by atoms with van der Waals surface area (Å²) in [7, 11) is 1.73. The molecule has 3 rings (SSSR count).